The van der Waals surface area contributed by atoms with E-state index in [1.807, 2.05) is 0 Å². The number of hydrogen-bond acceptors (Lipinski definition) is 4. The van der Waals surface area contributed by atoms with Crippen molar-refractivity contribution in [3.8, 4) is 0 Å². The molecule has 0 amide bonds. The molecule has 0 aliphatic carbocycles. The minimum absolute atomic E-state index is 0.00236. The van der Waals surface area contributed by atoms with Crippen molar-refractivity contribution in [2.45, 2.75) is 6.92 Å². The Morgan fingerprint density at radius 3 is 3.06 bits per heavy atom. The number of fused-ring (bicyclic) bond motifs is 1. The Balaban J connectivity index is 2.65. The highest BCUT2D eigenvalue weighted by atomic mass is 79.9. The van der Waals surface area contributed by atoms with Gasteiger partial charge in [0.05, 0.1) is 23.7 Å². The number of esters is 1. The molecule has 0 saturated heterocycles. The number of pyridine rings is 2. The maximum atomic E-state index is 12.0. The minimum Gasteiger partial charge on any atom is -0.462 e. The van der Waals surface area contributed by atoms with Crippen LogP contribution in [0.2, 0.25) is 0 Å². The van der Waals surface area contributed by atoms with Crippen molar-refractivity contribution >= 4 is 32.8 Å². The van der Waals surface area contributed by atoms with E-state index in [2.05, 4.69) is 25.9 Å². The molecule has 0 spiro atoms. The van der Waals surface area contributed by atoms with Crippen molar-refractivity contribution in [1.29, 1.82) is 0 Å². The van der Waals surface area contributed by atoms with Crippen molar-refractivity contribution in [2.75, 3.05) is 6.61 Å². The van der Waals surface area contributed by atoms with E-state index in [9.17, 15) is 9.59 Å². The largest absolute Gasteiger partial charge is 0.462 e. The van der Waals surface area contributed by atoms with Gasteiger partial charge in [0.1, 0.15) is 10.2 Å². The number of carbonyl (C=O) groups excluding carboxylic acids is 1. The van der Waals surface area contributed by atoms with Crippen molar-refractivity contribution in [3.05, 3.63) is 38.9 Å². The maximum absolute atomic E-state index is 12.0. The van der Waals surface area contributed by atoms with Crippen LogP contribution in [-0.2, 0) is 4.74 Å². The highest BCUT2D eigenvalue weighted by Gasteiger charge is 2.14. The van der Waals surface area contributed by atoms with Gasteiger partial charge in [-0.2, -0.15) is 0 Å². The summed E-state index contributed by atoms with van der Waals surface area (Å²) in [6.45, 7) is 1.92. The average molecular weight is 297 g/mol. The molecule has 0 atom stereocenters. The number of nitrogens with one attached hydrogen (secondary N) is 1. The fourth-order valence-electron chi connectivity index (χ4n) is 1.45. The first-order chi connectivity index (χ1) is 8.13. The first kappa shape index (κ1) is 11.8. The molecule has 0 saturated carbocycles. The number of rotatable bonds is 2. The van der Waals surface area contributed by atoms with Crippen molar-refractivity contribution in [2.24, 2.45) is 0 Å². The van der Waals surface area contributed by atoms with Gasteiger partial charge in [0.25, 0.3) is 0 Å². The molecule has 0 aromatic carbocycles. The Bertz CT molecular complexity index is 636. The van der Waals surface area contributed by atoms with Crippen LogP contribution in [0.1, 0.15) is 17.3 Å². The zero-order valence-corrected chi connectivity index (χ0v) is 10.6. The Morgan fingerprint density at radius 1 is 1.59 bits per heavy atom. The first-order valence-corrected chi connectivity index (χ1v) is 5.77. The molecule has 1 N–H and O–H groups in total. The second kappa shape index (κ2) is 4.67. The SMILES string of the molecule is CCOC(=O)c1c[nH]c2cnc(Br)cc2c1=O. The summed E-state index contributed by atoms with van der Waals surface area (Å²) in [6.07, 6.45) is 2.87. The van der Waals surface area contributed by atoms with Crippen LogP contribution in [0, 0.1) is 0 Å². The van der Waals surface area contributed by atoms with Crippen molar-refractivity contribution < 1.29 is 9.53 Å². The molecule has 2 rings (SSSR count). The van der Waals surface area contributed by atoms with Crippen LogP contribution in [0.4, 0.5) is 0 Å². The number of nitrogens with zero attached hydrogens (tertiary/aromatic N) is 1. The molecule has 2 aromatic heterocycles. The van der Waals surface area contributed by atoms with Gasteiger partial charge in [0.2, 0.25) is 5.43 Å². The fraction of sp³-hybridized carbons (Fsp3) is 0.182. The van der Waals surface area contributed by atoms with E-state index in [1.54, 1.807) is 13.0 Å². The topological polar surface area (TPSA) is 72.1 Å². The molecule has 0 aliphatic heterocycles. The van der Waals surface area contributed by atoms with Gasteiger partial charge in [-0.25, -0.2) is 9.78 Å². The predicted molar refractivity (Wildman–Crippen MR) is 66.0 cm³/mol. The standard InChI is InChI=1S/C11H9BrN2O3/c1-2-17-11(16)7-4-13-8-5-14-9(12)3-6(8)10(7)15/h3-5H,2H2,1H3,(H,13,15). The Morgan fingerprint density at radius 2 is 2.35 bits per heavy atom. The summed E-state index contributed by atoms with van der Waals surface area (Å²) >= 11 is 3.18. The molecular formula is C11H9BrN2O3. The Labute approximate surface area is 105 Å². The second-order valence-corrected chi connectivity index (χ2v) is 4.12. The van der Waals surface area contributed by atoms with E-state index in [4.69, 9.17) is 4.74 Å². The number of aromatic nitrogens is 2. The Hall–Kier alpha value is -1.69. The summed E-state index contributed by atoms with van der Waals surface area (Å²) in [7, 11) is 0. The molecule has 0 fully saturated rings. The molecule has 0 radical (unpaired) electrons. The number of carbonyl (C=O) groups is 1. The van der Waals surface area contributed by atoms with Crippen LogP contribution in [-0.4, -0.2) is 22.5 Å². The van der Waals surface area contributed by atoms with Gasteiger partial charge in [-0.05, 0) is 28.9 Å². The number of aromatic amines is 1. The highest BCUT2D eigenvalue weighted by Crippen LogP contribution is 2.12. The van der Waals surface area contributed by atoms with Crippen molar-refractivity contribution in [1.82, 2.24) is 9.97 Å². The predicted octanol–water partition coefficient (Wildman–Crippen LogP) is 1.86. The molecule has 0 aliphatic rings. The van der Waals surface area contributed by atoms with Crippen LogP contribution in [0.25, 0.3) is 10.9 Å². The van der Waals surface area contributed by atoms with Crippen molar-refractivity contribution in [3.63, 3.8) is 0 Å². The van der Waals surface area contributed by atoms with Crippen LogP contribution < -0.4 is 5.43 Å². The highest BCUT2D eigenvalue weighted by molar-refractivity contribution is 9.10. The zero-order chi connectivity index (χ0) is 12.4. The number of H-pyrrole nitrogens is 1. The van der Waals surface area contributed by atoms with Gasteiger partial charge in [-0.15, -0.1) is 0 Å². The third-order valence-electron chi connectivity index (χ3n) is 2.23. The van der Waals surface area contributed by atoms with E-state index in [0.29, 0.717) is 15.5 Å². The normalized spacial score (nSPS) is 10.5. The molecule has 2 heterocycles. The summed E-state index contributed by atoms with van der Waals surface area (Å²) < 4.78 is 5.34. The lowest BCUT2D eigenvalue weighted by molar-refractivity contribution is 0.0524. The van der Waals surface area contributed by atoms with Crippen LogP contribution in [0.5, 0.6) is 0 Å². The molecule has 0 bridgehead atoms. The van der Waals surface area contributed by atoms with Gasteiger partial charge < -0.3 is 9.72 Å². The summed E-state index contributed by atoms with van der Waals surface area (Å²) in [5, 5.41) is 0.400. The van der Waals surface area contributed by atoms with E-state index in [0.717, 1.165) is 0 Å². The van der Waals surface area contributed by atoms with Gasteiger partial charge in [-0.3, -0.25) is 4.79 Å². The molecule has 88 valence electrons. The van der Waals surface area contributed by atoms with E-state index >= 15 is 0 Å². The van der Waals surface area contributed by atoms with Gasteiger partial charge in [0, 0.05) is 6.20 Å². The third kappa shape index (κ3) is 2.21. The van der Waals surface area contributed by atoms with E-state index < -0.39 is 5.97 Å². The maximum Gasteiger partial charge on any atom is 0.343 e. The summed E-state index contributed by atoms with van der Waals surface area (Å²) in [6, 6.07) is 1.57. The fourth-order valence-corrected chi connectivity index (χ4v) is 1.79. The summed E-state index contributed by atoms with van der Waals surface area (Å²) in [4.78, 5) is 30.4. The molecule has 6 heteroatoms. The number of halogens is 1. The van der Waals surface area contributed by atoms with Gasteiger partial charge >= 0.3 is 5.97 Å². The lowest BCUT2D eigenvalue weighted by atomic mass is 10.2. The van der Waals surface area contributed by atoms with Crippen LogP contribution >= 0.6 is 15.9 Å². The number of hydrogen-bond donors (Lipinski definition) is 1. The lowest BCUT2D eigenvalue weighted by Crippen LogP contribution is -2.18. The monoisotopic (exact) mass is 296 g/mol. The molecular weight excluding hydrogens is 288 g/mol. The summed E-state index contributed by atoms with van der Waals surface area (Å²) in [5.41, 5.74) is 0.212. The van der Waals surface area contributed by atoms with E-state index in [1.165, 1.54) is 12.4 Å². The minimum atomic E-state index is -0.622. The van der Waals surface area contributed by atoms with Crippen LogP contribution in [0.15, 0.2) is 27.9 Å². The average Bonchev–Trinajstić information content (AvgIpc) is 2.30. The third-order valence-corrected chi connectivity index (χ3v) is 2.66. The van der Waals surface area contributed by atoms with Gasteiger partial charge in [0.15, 0.2) is 0 Å². The van der Waals surface area contributed by atoms with E-state index in [-0.39, 0.29) is 17.6 Å². The number of ether oxygens (including phenoxy) is 1. The quantitative estimate of drug-likeness (QED) is 0.678. The molecule has 2 aromatic rings. The smallest absolute Gasteiger partial charge is 0.343 e. The molecule has 5 nitrogen and oxygen atoms in total. The first-order valence-electron chi connectivity index (χ1n) is 4.97. The Kier molecular flexibility index (Phi) is 3.23. The lowest BCUT2D eigenvalue weighted by Gasteiger charge is -2.03. The molecule has 0 unspecified atom stereocenters. The zero-order valence-electron chi connectivity index (χ0n) is 8.99. The summed E-state index contributed by atoms with van der Waals surface area (Å²) in [5.74, 6) is -0.622. The van der Waals surface area contributed by atoms with Gasteiger partial charge in [-0.1, -0.05) is 0 Å². The molecule has 17 heavy (non-hydrogen) atoms. The van der Waals surface area contributed by atoms with Crippen LogP contribution in [0.3, 0.4) is 0 Å². The second-order valence-electron chi connectivity index (χ2n) is 3.30.